The molecule has 0 aliphatic heterocycles. The molecule has 0 radical (unpaired) electrons. The number of benzene rings is 4. The molecule has 4 N–H and O–H groups in total. The van der Waals surface area contributed by atoms with E-state index in [2.05, 4.69) is 10.4 Å². The van der Waals surface area contributed by atoms with Crippen molar-refractivity contribution in [2.24, 2.45) is 0 Å². The minimum absolute atomic E-state index is 0.0364. The van der Waals surface area contributed by atoms with Crippen LogP contribution in [0.2, 0.25) is 1.41 Å². The molecule has 4 aromatic rings. The number of nitrogens with one attached hydrogen (secondary N) is 2. The minimum Gasteiger partial charge on any atom is -0.490 e. The third kappa shape index (κ3) is 9.62. The zero-order valence-corrected chi connectivity index (χ0v) is 21.8. The normalized spacial score (nSPS) is 18.8. The molecule has 38 heavy (non-hydrogen) atoms. The molecule has 2 unspecified atom stereocenters. The van der Waals surface area contributed by atoms with E-state index >= 15 is 0 Å². The van der Waals surface area contributed by atoms with E-state index in [0.29, 0.717) is 0 Å². The van der Waals surface area contributed by atoms with Crippen molar-refractivity contribution in [1.82, 2.24) is 10.6 Å². The molecule has 2 atom stereocenters. The molecule has 0 heterocycles. The van der Waals surface area contributed by atoms with Gasteiger partial charge in [0.2, 0.25) is 1.43 Å². The van der Waals surface area contributed by atoms with Crippen molar-refractivity contribution in [3.63, 3.8) is 0 Å². The standard InChI is InChI=1S/2C16H21NO2/c2*1-12(2)17-10-14(18)11-19-16-9-5-7-13-6-3-4-8-15(13)16/h2*3-9,12,14,17-18H,10-11H2,1-2H3/i3D,4D,5D,6D,7D,8D,9D,18D;3D,4D,5D,6D,7D,8D,9D/hD. The first-order valence-electron chi connectivity index (χ1n) is 20.0. The van der Waals surface area contributed by atoms with Gasteiger partial charge in [0.1, 0.15) is 38.3 Å². The van der Waals surface area contributed by atoms with Gasteiger partial charge in [-0.3, -0.25) is 0 Å². The van der Waals surface area contributed by atoms with Gasteiger partial charge in [-0.2, -0.15) is 0 Å². The maximum atomic E-state index is 9.99. The largest absolute Gasteiger partial charge is 0.490 e. The summed E-state index contributed by atoms with van der Waals surface area (Å²) in [6, 6.07) is -6.80. The zero-order valence-electron chi connectivity index (χ0n) is 37.8. The smallest absolute Gasteiger partial charge is 0.211 e. The van der Waals surface area contributed by atoms with Crippen LogP contribution in [0.25, 0.3) is 21.5 Å². The Kier molecular flexibility index (Phi) is 5.75. The molecule has 0 aliphatic carbocycles. The van der Waals surface area contributed by atoms with Crippen molar-refractivity contribution in [3.05, 3.63) is 84.6 Å². The van der Waals surface area contributed by atoms with Crippen molar-refractivity contribution in [1.29, 1.82) is 1.43 Å². The number of fused-ring (bicyclic) bond motifs is 2. The van der Waals surface area contributed by atoms with E-state index in [1.807, 2.05) is 13.8 Å². The lowest BCUT2D eigenvalue weighted by molar-refractivity contribution is 0.105. The van der Waals surface area contributed by atoms with Gasteiger partial charge >= 0.3 is 0 Å². The van der Waals surface area contributed by atoms with Crippen LogP contribution in [-0.2, 0) is 0 Å². The first kappa shape index (κ1) is 14.3. The van der Waals surface area contributed by atoms with Crippen LogP contribution in [0.4, 0.5) is 0 Å². The first-order chi connectivity index (χ1) is 25.1. The summed E-state index contributed by atoms with van der Waals surface area (Å²) in [7, 11) is 0. The highest BCUT2D eigenvalue weighted by Gasteiger charge is 2.09. The van der Waals surface area contributed by atoms with E-state index < -0.39 is 96.8 Å². The van der Waals surface area contributed by atoms with Crippen LogP contribution < -0.4 is 20.1 Å². The summed E-state index contributed by atoms with van der Waals surface area (Å²) in [5.41, 5.74) is 0. The number of aliphatic hydroxyl groups is 2. The summed E-state index contributed by atoms with van der Waals surface area (Å²) >= 11 is 0. The van der Waals surface area contributed by atoms with Gasteiger partial charge in [0.05, 0.1) is 19.2 Å². The van der Waals surface area contributed by atoms with Crippen molar-refractivity contribution in [3.8, 4) is 11.5 Å². The Balaban J connectivity index is 0.000000291. The van der Waals surface area contributed by atoms with Crippen molar-refractivity contribution >= 4 is 21.5 Å². The Morgan fingerprint density at radius 2 is 1.21 bits per heavy atom. The molecular formula is C32H42N2O4. The highest BCUT2D eigenvalue weighted by atomic mass is 16.5. The lowest BCUT2D eigenvalue weighted by atomic mass is 10.1. The summed E-state index contributed by atoms with van der Waals surface area (Å²) in [5.74, 6) is -0.497. The number of rotatable bonds is 13. The lowest BCUT2D eigenvalue weighted by Crippen LogP contribution is -2.35. The molecule has 0 saturated heterocycles. The van der Waals surface area contributed by atoms with Gasteiger partial charge in [-0.05, 0) is 22.9 Å². The van der Waals surface area contributed by atoms with Crippen LogP contribution in [0.5, 0.6) is 11.5 Å². The Morgan fingerprint density at radius 1 is 0.711 bits per heavy atom. The summed E-state index contributed by atoms with van der Waals surface area (Å²) in [6.07, 6.45) is -1.78. The van der Waals surface area contributed by atoms with E-state index in [9.17, 15) is 5.11 Å². The van der Waals surface area contributed by atoms with Gasteiger partial charge in [0.25, 0.3) is 0 Å². The molecule has 6 heteroatoms. The zero-order chi connectivity index (χ0) is 41.1. The SMILES string of the molecule is [2H]OC(COc1c([2H])c([2H])c([2H])c2c([2H])c([2H])c([2H])c([2H])c12)CN([2H])C(C)C.[2H]c1c([2H])c([2H])c2c(OCC(O)CNC(C)C)c([2H])c([2H])c([2H])c2c1[2H]. The highest BCUT2D eigenvalue weighted by molar-refractivity contribution is 5.88. The molecule has 4 rings (SSSR count). The van der Waals surface area contributed by atoms with Gasteiger partial charge in [-0.25, -0.2) is 0 Å². The summed E-state index contributed by atoms with van der Waals surface area (Å²) in [5, 5.41) is 18.1. The molecule has 0 aromatic heterocycles. The Hall–Kier alpha value is -3.16. The van der Waals surface area contributed by atoms with Gasteiger partial charge in [-0.1, -0.05) is 100 Å². The summed E-state index contributed by atoms with van der Waals surface area (Å²) < 4.78 is 137. The van der Waals surface area contributed by atoms with E-state index in [0.717, 1.165) is 0 Å². The van der Waals surface area contributed by atoms with E-state index in [1.165, 1.54) is 5.31 Å². The van der Waals surface area contributed by atoms with Crippen molar-refractivity contribution < 1.29 is 40.3 Å². The van der Waals surface area contributed by atoms with Crippen LogP contribution in [0, 0.1) is 0 Å². The van der Waals surface area contributed by atoms with E-state index in [1.54, 1.807) is 13.8 Å². The molecule has 0 aliphatic rings. The quantitative estimate of drug-likeness (QED) is 0.190. The lowest BCUT2D eigenvalue weighted by Gasteiger charge is -2.15. The maximum Gasteiger partial charge on any atom is 0.211 e. The number of hydrogen-bond donors (Lipinski definition) is 4. The third-order valence-corrected chi connectivity index (χ3v) is 4.83. The second-order valence-corrected chi connectivity index (χ2v) is 8.83. The molecule has 0 bridgehead atoms. The number of aliphatic hydroxyl groups excluding tert-OH is 2. The highest BCUT2D eigenvalue weighted by Crippen LogP contribution is 2.26. The van der Waals surface area contributed by atoms with Gasteiger partial charge in [-0.15, -0.1) is 0 Å². The van der Waals surface area contributed by atoms with E-state index in [4.69, 9.17) is 31.5 Å². The molecule has 6 nitrogen and oxygen atoms in total. The fraction of sp³-hybridized carbons (Fsp3) is 0.375. The fourth-order valence-electron chi connectivity index (χ4n) is 2.96. The predicted molar refractivity (Wildman–Crippen MR) is 157 cm³/mol. The number of hydrogen-bond acceptors (Lipinski definition) is 6. The maximum absolute atomic E-state index is 9.99. The van der Waals surface area contributed by atoms with Crippen LogP contribution in [0.15, 0.2) is 84.6 Å². The average molecular weight is 535 g/mol. The molecule has 0 amide bonds. The van der Waals surface area contributed by atoms with Gasteiger partial charge in [0.15, 0.2) is 0 Å². The van der Waals surface area contributed by atoms with Crippen LogP contribution >= 0.6 is 0 Å². The predicted octanol–water partition coefficient (Wildman–Crippen LogP) is 5.16. The van der Waals surface area contributed by atoms with Crippen molar-refractivity contribution in [2.45, 2.75) is 52.0 Å². The second kappa shape index (κ2) is 15.3. The average Bonchev–Trinajstić information content (AvgIpc) is 3.13. The third-order valence-electron chi connectivity index (χ3n) is 4.83. The van der Waals surface area contributed by atoms with Crippen molar-refractivity contribution in [2.75, 3.05) is 26.3 Å². The minimum atomic E-state index is -0.910. The first-order valence-corrected chi connectivity index (χ1v) is 12.1. The van der Waals surface area contributed by atoms with Crippen LogP contribution in [0.3, 0.4) is 0 Å². The summed E-state index contributed by atoms with van der Waals surface area (Å²) in [4.78, 5) is 0. The van der Waals surface area contributed by atoms with Crippen LogP contribution in [-0.4, -0.2) is 62.2 Å². The molecule has 0 fully saturated rings. The second-order valence-electron chi connectivity index (χ2n) is 8.83. The molecular weight excluding hydrogens is 476 g/mol. The molecule has 4 aromatic carbocycles. The Morgan fingerprint density at radius 3 is 1.71 bits per heavy atom. The Bertz CT molecular complexity index is 2000. The molecule has 0 saturated carbocycles. The topological polar surface area (TPSA) is 83.0 Å². The van der Waals surface area contributed by atoms with Gasteiger partial charge < -0.3 is 30.3 Å². The Labute approximate surface area is 249 Å². The summed E-state index contributed by atoms with van der Waals surface area (Å²) in [6.45, 7) is 7.20. The number of ether oxygens (including phenoxy) is 2. The van der Waals surface area contributed by atoms with Crippen LogP contribution in [0.1, 0.15) is 46.9 Å². The monoisotopic (exact) mass is 534 g/mol. The molecule has 204 valence electrons. The molecule has 0 spiro atoms. The fourth-order valence-corrected chi connectivity index (χ4v) is 2.96. The van der Waals surface area contributed by atoms with Gasteiger partial charge in [0, 0.05) is 35.9 Å². The van der Waals surface area contributed by atoms with E-state index in [-0.39, 0.29) is 71.4 Å².